The summed E-state index contributed by atoms with van der Waals surface area (Å²) in [6, 6.07) is 9.52. The third-order valence-corrected chi connectivity index (χ3v) is 14.8. The number of hydrogen-bond acceptors (Lipinski definition) is 18. The Bertz CT molecular complexity index is 3030. The van der Waals surface area contributed by atoms with Crippen LogP contribution in [0.1, 0.15) is 99.4 Å². The third kappa shape index (κ3) is 17.6. The van der Waals surface area contributed by atoms with Crippen molar-refractivity contribution in [2.75, 3.05) is 103 Å². The second-order valence-corrected chi connectivity index (χ2v) is 21.5. The number of nitrogens with zero attached hydrogens (tertiary/aromatic N) is 5. The second-order valence-electron chi connectivity index (χ2n) is 21.5. The van der Waals surface area contributed by atoms with Gasteiger partial charge in [0.05, 0.1) is 121 Å². The summed E-state index contributed by atoms with van der Waals surface area (Å²) in [6.45, 7) is 12.3. The number of nitrogens with two attached hydrogens (primary N) is 1. The van der Waals surface area contributed by atoms with Gasteiger partial charge < -0.3 is 73.3 Å². The Morgan fingerprint density at radius 3 is 1.90 bits per heavy atom. The highest BCUT2D eigenvalue weighted by atomic mass is 16.6. The summed E-state index contributed by atoms with van der Waals surface area (Å²) < 4.78 is 56.6. The van der Waals surface area contributed by atoms with Crippen LogP contribution in [0.5, 0.6) is 23.0 Å². The van der Waals surface area contributed by atoms with Crippen LogP contribution in [-0.4, -0.2) is 181 Å². The van der Waals surface area contributed by atoms with Crippen molar-refractivity contribution in [2.24, 2.45) is 16.6 Å². The maximum Gasteiger partial charge on any atom is 0.416 e. The molecule has 7 rings (SSSR count). The van der Waals surface area contributed by atoms with E-state index in [9.17, 15) is 33.9 Å². The van der Waals surface area contributed by atoms with E-state index in [1.807, 2.05) is 20.0 Å². The molecule has 0 bridgehead atoms. The maximum absolute atomic E-state index is 14.4. The predicted molar refractivity (Wildman–Crippen MR) is 321 cm³/mol. The van der Waals surface area contributed by atoms with E-state index >= 15 is 0 Å². The number of primary amides is 1. The van der Waals surface area contributed by atoms with Gasteiger partial charge in [0.25, 0.3) is 17.7 Å². The van der Waals surface area contributed by atoms with Gasteiger partial charge in [0, 0.05) is 42.9 Å². The zero-order valence-corrected chi connectivity index (χ0v) is 50.6. The highest BCUT2D eigenvalue weighted by molar-refractivity contribution is 6.07. The number of benzene rings is 3. The number of aliphatic imine (C=N–C) groups is 1. The van der Waals surface area contributed by atoms with Crippen molar-refractivity contribution in [2.45, 2.75) is 110 Å². The average Bonchev–Trinajstić information content (AvgIpc) is 1.85. The Morgan fingerprint density at radius 2 is 1.30 bits per heavy atom. The highest BCUT2D eigenvalue weighted by Crippen LogP contribution is 2.43. The molecule has 0 aliphatic carbocycles. The van der Waals surface area contributed by atoms with E-state index in [0.29, 0.717) is 93.8 Å². The van der Waals surface area contributed by atoms with E-state index in [1.165, 1.54) is 43.1 Å². The molecule has 24 heteroatoms. The Kier molecular flexibility index (Phi) is 24.9. The second kappa shape index (κ2) is 32.6. The Hall–Kier alpha value is -8.05. The molecule has 4 heterocycles. The molecule has 3 aromatic rings. The van der Waals surface area contributed by atoms with Gasteiger partial charge in [-0.05, 0) is 88.6 Å². The fraction of sp³-hybridized carbons (Fsp3) is 0.508. The largest absolute Gasteiger partial charge is 0.493 e. The van der Waals surface area contributed by atoms with Crippen LogP contribution in [0.15, 0.2) is 77.1 Å². The number of anilines is 2. The number of aliphatic hydroxyl groups is 1. The minimum atomic E-state index is -1.55. The van der Waals surface area contributed by atoms with Crippen LogP contribution in [-0.2, 0) is 49.4 Å². The predicted octanol–water partition coefficient (Wildman–Crippen LogP) is 6.21. The summed E-state index contributed by atoms with van der Waals surface area (Å²) in [5.74, 6) is 0.889. The summed E-state index contributed by atoms with van der Waals surface area (Å²) in [4.78, 5) is 92.2. The molecule has 0 saturated carbocycles. The smallest absolute Gasteiger partial charge is 0.416 e. The molecule has 5 unspecified atom stereocenters. The molecule has 0 radical (unpaired) electrons. The third-order valence-electron chi connectivity index (χ3n) is 14.8. The Labute approximate surface area is 507 Å². The molecule has 4 aliphatic rings. The highest BCUT2D eigenvalue weighted by Gasteiger charge is 2.45. The summed E-state index contributed by atoms with van der Waals surface area (Å²) in [5, 5.41) is 14.8. The van der Waals surface area contributed by atoms with Crippen molar-refractivity contribution < 1.29 is 81.2 Å². The van der Waals surface area contributed by atoms with Gasteiger partial charge in [-0.1, -0.05) is 43.0 Å². The van der Waals surface area contributed by atoms with Crippen molar-refractivity contribution in [3.8, 4) is 35.3 Å². The maximum atomic E-state index is 14.4. The summed E-state index contributed by atoms with van der Waals surface area (Å²) in [7, 11) is 2.96. The molecule has 4 N–H and O–H groups in total. The zero-order valence-electron chi connectivity index (χ0n) is 50.6. The number of carbonyl (C=O) groups is 6. The SMILES string of the molecule is C#CCOCCOCCOCCOCCOCCC(=O)NC(C(=O)N(c1ccc(COC(=O)N2c3cc(OCCCCCOc4cc5c(cc4OC)C(=O)N4C=C(C)CC4C=N5)c(OC)cc3C(=O)N3C=C(C)CC3C2O)cc1)C(C)C(N)=O)C(C)C. The number of rotatable bonds is 34. The van der Waals surface area contributed by atoms with Crippen molar-refractivity contribution in [1.82, 2.24) is 15.1 Å². The van der Waals surface area contributed by atoms with Crippen molar-refractivity contribution in [1.29, 1.82) is 0 Å². The van der Waals surface area contributed by atoms with E-state index in [0.717, 1.165) is 22.5 Å². The van der Waals surface area contributed by atoms with E-state index in [4.69, 9.17) is 59.5 Å². The summed E-state index contributed by atoms with van der Waals surface area (Å²) >= 11 is 0. The van der Waals surface area contributed by atoms with Gasteiger partial charge in [-0.2, -0.15) is 0 Å². The van der Waals surface area contributed by atoms with Crippen LogP contribution in [0.25, 0.3) is 0 Å². The molecular formula is C63H81N7O17. The topological polar surface area (TPSA) is 278 Å². The molecule has 3 aromatic carbocycles. The van der Waals surface area contributed by atoms with Crippen LogP contribution < -0.4 is 39.8 Å². The molecule has 0 saturated heterocycles. The molecule has 87 heavy (non-hydrogen) atoms. The fourth-order valence-electron chi connectivity index (χ4n) is 10.1. The van der Waals surface area contributed by atoms with Gasteiger partial charge in [-0.3, -0.25) is 33.9 Å². The van der Waals surface area contributed by atoms with Crippen molar-refractivity contribution in [3.05, 3.63) is 88.8 Å². The van der Waals surface area contributed by atoms with E-state index in [1.54, 1.807) is 67.6 Å². The number of hydrogen-bond donors (Lipinski definition) is 3. The molecule has 0 aromatic heterocycles. The van der Waals surface area contributed by atoms with Gasteiger partial charge in [-0.15, -0.1) is 6.42 Å². The van der Waals surface area contributed by atoms with Gasteiger partial charge >= 0.3 is 6.09 Å². The summed E-state index contributed by atoms with van der Waals surface area (Å²) in [6.07, 6.45) is 10.8. The molecule has 6 amide bonds. The first-order valence-corrected chi connectivity index (χ1v) is 29.2. The normalized spacial score (nSPS) is 17.4. The van der Waals surface area contributed by atoms with E-state index < -0.39 is 60.0 Å². The summed E-state index contributed by atoms with van der Waals surface area (Å²) in [5.41, 5.74) is 9.49. The molecular weight excluding hydrogens is 1130 g/mol. The van der Waals surface area contributed by atoms with Crippen molar-refractivity contribution >= 4 is 58.9 Å². The minimum absolute atomic E-state index is 0.0423. The van der Waals surface area contributed by atoms with Crippen LogP contribution in [0, 0.1) is 18.3 Å². The van der Waals surface area contributed by atoms with Crippen LogP contribution in [0.3, 0.4) is 0 Å². The number of methoxy groups -OCH3 is 2. The Morgan fingerprint density at radius 1 is 0.736 bits per heavy atom. The molecule has 0 fully saturated rings. The first-order chi connectivity index (χ1) is 41.9. The van der Waals surface area contributed by atoms with Gasteiger partial charge in [-0.25, -0.2) is 9.69 Å². The van der Waals surface area contributed by atoms with Gasteiger partial charge in [0.15, 0.2) is 29.2 Å². The lowest BCUT2D eigenvalue weighted by molar-refractivity contribution is -0.130. The van der Waals surface area contributed by atoms with Crippen LogP contribution in [0.4, 0.5) is 21.9 Å². The van der Waals surface area contributed by atoms with E-state index in [2.05, 4.69) is 16.2 Å². The number of nitrogens with one attached hydrogen (secondary N) is 1. The number of amides is 6. The number of unbranched alkanes of at least 4 members (excludes halogenated alkanes) is 2. The first kappa shape index (κ1) is 66.5. The van der Waals surface area contributed by atoms with Gasteiger partial charge in [0.1, 0.15) is 25.3 Å². The first-order valence-electron chi connectivity index (χ1n) is 29.2. The molecule has 4 aliphatic heterocycles. The number of aliphatic hydroxyl groups excluding tert-OH is 1. The lowest BCUT2D eigenvalue weighted by atomic mass is 10.0. The number of terminal acetylenes is 1. The lowest BCUT2D eigenvalue weighted by Crippen LogP contribution is -2.56. The average molecular weight is 1210 g/mol. The lowest BCUT2D eigenvalue weighted by Gasteiger charge is -2.33. The molecule has 0 spiro atoms. The quantitative estimate of drug-likeness (QED) is 0.0442. The zero-order chi connectivity index (χ0) is 62.6. The minimum Gasteiger partial charge on any atom is -0.493 e. The fourth-order valence-corrected chi connectivity index (χ4v) is 10.1. The number of carbonyl (C=O) groups excluding carboxylic acids is 6. The standard InChI is InChI=1S/C63H81N7O17/c1-9-18-80-22-24-82-26-28-84-29-27-83-25-23-81-21-17-56(71)66-57(40(2)3)62(76)69(43(6)58(64)72)45-15-13-44(14-16-45)39-87-63(77)70-50-35-55(53(79-8)33-48(50)60(74)68-38-42(5)31-51(68)61(70)75)86-20-12-10-11-19-85-54-34-49-47(32-52(54)78-7)59(73)67-37-41(4)30-46(67)36-65-49/h1,13-16,32-38,40,43,46,51,57,61,75H,10-12,17-31,39H2,2-8H3,(H2,64,72)(H,66,71). The van der Waals surface area contributed by atoms with E-state index in [-0.39, 0.29) is 92.9 Å². The van der Waals surface area contributed by atoms with Gasteiger partial charge in [0.2, 0.25) is 11.8 Å². The number of ether oxygens (including phenoxy) is 10. The van der Waals surface area contributed by atoms with Crippen molar-refractivity contribution in [3.63, 3.8) is 0 Å². The molecule has 5 atom stereocenters. The molecule has 470 valence electrons. The van der Waals surface area contributed by atoms with Crippen LogP contribution in [0.2, 0.25) is 0 Å². The monoisotopic (exact) mass is 1210 g/mol. The Balaban J connectivity index is 0.925. The molecule has 24 nitrogen and oxygen atoms in total. The number of fused-ring (bicyclic) bond motifs is 4. The van der Waals surface area contributed by atoms with Crippen LogP contribution >= 0.6 is 0 Å².